The molecule has 2 aliphatic carbocycles. The average Bonchev–Trinajstić information content (AvgIpc) is 3.91. The molecule has 7 rings (SSSR count). The molecule has 0 radical (unpaired) electrons. The highest BCUT2D eigenvalue weighted by molar-refractivity contribution is 7.22. The highest BCUT2D eigenvalue weighted by Gasteiger charge is 2.31. The minimum Gasteiger partial charge on any atom is -0.494 e. The van der Waals surface area contributed by atoms with E-state index in [0.29, 0.717) is 136 Å². The molecule has 17 heteroatoms. The molecule has 0 aliphatic heterocycles. The number of rotatable bonds is 32. The number of hydrogen-bond donors (Lipinski definition) is 1. The van der Waals surface area contributed by atoms with Gasteiger partial charge in [-0.1, -0.05) is 42.7 Å². The summed E-state index contributed by atoms with van der Waals surface area (Å²) in [5.74, 6) is -0.562. The molecule has 4 aromatic carbocycles. The van der Waals surface area contributed by atoms with Gasteiger partial charge in [0.2, 0.25) is 5.13 Å². The average molecular weight is 1110 g/mol. The van der Waals surface area contributed by atoms with E-state index in [1.807, 2.05) is 36.4 Å². The molecule has 1 heterocycles. The number of benzene rings is 4. The Morgan fingerprint density at radius 2 is 1.12 bits per heavy atom. The van der Waals surface area contributed by atoms with Crippen LogP contribution in [0.1, 0.15) is 147 Å². The molecule has 0 atom stereocenters. The number of ketones is 1. The summed E-state index contributed by atoms with van der Waals surface area (Å²) < 4.78 is 40.4. The molecular weight excluding hydrogens is 1040 g/mol. The number of hydrogen-bond acceptors (Lipinski definition) is 17. The van der Waals surface area contributed by atoms with Crippen LogP contribution >= 0.6 is 11.3 Å². The Morgan fingerprint density at radius 1 is 0.600 bits per heavy atom. The van der Waals surface area contributed by atoms with E-state index >= 15 is 0 Å². The molecule has 424 valence electrons. The van der Waals surface area contributed by atoms with E-state index in [1.54, 1.807) is 60.8 Å². The number of aromatic nitrogens is 1. The fourth-order valence-electron chi connectivity index (χ4n) is 9.58. The molecule has 0 saturated heterocycles. The Bertz CT molecular complexity index is 2830. The number of carbonyl (C=O) groups excluding carboxylic acids is 6. The number of hydrazone groups is 1. The zero-order valence-corrected chi connectivity index (χ0v) is 46.3. The molecule has 0 bridgehead atoms. The molecular formula is C63H73N3O13S. The lowest BCUT2D eigenvalue weighted by molar-refractivity contribution is -0.141. The van der Waals surface area contributed by atoms with Crippen molar-refractivity contribution in [1.82, 2.24) is 4.98 Å². The van der Waals surface area contributed by atoms with Crippen LogP contribution in [0, 0.1) is 11.8 Å². The Labute approximate surface area is 472 Å². The van der Waals surface area contributed by atoms with Crippen molar-refractivity contribution in [3.63, 3.8) is 0 Å². The first kappa shape index (κ1) is 60.0. The number of unbranched alkanes of at least 4 members (excludes halogenated alkanes) is 6. The lowest BCUT2D eigenvalue weighted by Crippen LogP contribution is -2.30. The zero-order valence-electron chi connectivity index (χ0n) is 45.5. The van der Waals surface area contributed by atoms with E-state index in [2.05, 4.69) is 28.7 Å². The summed E-state index contributed by atoms with van der Waals surface area (Å²) in [5.41, 5.74) is 6.31. The van der Waals surface area contributed by atoms with Gasteiger partial charge in [-0.25, -0.2) is 24.2 Å². The number of aryl methyl sites for hydroxylation is 1. The molecule has 0 amide bonds. The van der Waals surface area contributed by atoms with Gasteiger partial charge < -0.3 is 33.2 Å². The first-order valence-electron chi connectivity index (χ1n) is 28.0. The van der Waals surface area contributed by atoms with Gasteiger partial charge in [-0.3, -0.25) is 15.0 Å². The first-order chi connectivity index (χ1) is 39.0. The fourth-order valence-corrected chi connectivity index (χ4v) is 10.4. The van der Waals surface area contributed by atoms with E-state index in [1.165, 1.54) is 11.3 Å². The monoisotopic (exact) mass is 1110 g/mol. The van der Waals surface area contributed by atoms with Crippen LogP contribution in [0.4, 0.5) is 5.13 Å². The molecule has 1 aromatic heterocycles. The van der Waals surface area contributed by atoms with Crippen molar-refractivity contribution in [1.29, 1.82) is 0 Å². The molecule has 1 N–H and O–H groups in total. The van der Waals surface area contributed by atoms with Gasteiger partial charge in [0.15, 0.2) is 0 Å². The fraction of sp³-hybridized carbons (Fsp3) is 0.429. The maximum Gasteiger partial charge on any atom is 0.338 e. The molecule has 80 heavy (non-hydrogen) atoms. The number of nitrogens with one attached hydrogen (secondary N) is 1. The summed E-state index contributed by atoms with van der Waals surface area (Å²) in [7, 11) is 0. The van der Waals surface area contributed by atoms with Gasteiger partial charge in [-0.05, 0) is 194 Å². The van der Waals surface area contributed by atoms with Crippen LogP contribution in [0.25, 0.3) is 10.2 Å². The van der Waals surface area contributed by atoms with Gasteiger partial charge in [0.25, 0.3) is 0 Å². The molecule has 2 aliphatic rings. The van der Waals surface area contributed by atoms with E-state index in [9.17, 15) is 28.8 Å². The smallest absolute Gasteiger partial charge is 0.338 e. The highest BCUT2D eigenvalue weighted by Crippen LogP contribution is 2.32. The van der Waals surface area contributed by atoms with Crippen LogP contribution < -0.4 is 19.6 Å². The number of Topliss-reactive ketones (excluding diaryl/α,β-unsaturated/α-hetero) is 1. The Balaban J connectivity index is 0.824. The number of nitrogens with zero attached hydrogens (tertiary/aromatic N) is 2. The quantitative estimate of drug-likeness (QED) is 0.00809. The SMILES string of the molecule is C=CC(=O)OCCCCCCOc1ccc(C(=O)OC2CCC(C(=O)CCCc3ccc(OC(=O)C4CCC(OC(=O)c5ccc(OCCCCCCOC(=O)C=C)cc5)CC4)c(/C=N/Nc4nc5ccccc5s4)c3)CC2)cc1. The number of anilines is 1. The number of fused-ring (bicyclic) bond motifs is 1. The van der Waals surface area contributed by atoms with Crippen molar-refractivity contribution in [2.75, 3.05) is 31.9 Å². The number of ether oxygens (including phenoxy) is 7. The van der Waals surface area contributed by atoms with Crippen molar-refractivity contribution in [2.45, 2.75) is 134 Å². The first-order valence-corrected chi connectivity index (χ1v) is 28.8. The van der Waals surface area contributed by atoms with E-state index < -0.39 is 17.9 Å². The summed E-state index contributed by atoms with van der Waals surface area (Å²) >= 11 is 1.48. The second-order valence-electron chi connectivity index (χ2n) is 20.0. The normalized spacial score (nSPS) is 16.9. The lowest BCUT2D eigenvalue weighted by atomic mass is 9.83. The van der Waals surface area contributed by atoms with Gasteiger partial charge in [-0.2, -0.15) is 5.10 Å². The second-order valence-corrected chi connectivity index (χ2v) is 21.1. The molecule has 2 fully saturated rings. The minimum absolute atomic E-state index is 0.0857. The molecule has 0 spiro atoms. The van der Waals surface area contributed by atoms with Gasteiger partial charge in [-0.15, -0.1) is 0 Å². The number of thiazole rings is 1. The third-order valence-electron chi connectivity index (χ3n) is 14.1. The number of esters is 5. The number of para-hydroxylation sites is 1. The van der Waals surface area contributed by atoms with Crippen molar-refractivity contribution < 1.29 is 61.9 Å². The van der Waals surface area contributed by atoms with Crippen LogP contribution in [0.15, 0.2) is 121 Å². The Morgan fingerprint density at radius 3 is 1.66 bits per heavy atom. The summed E-state index contributed by atoms with van der Waals surface area (Å²) in [6.45, 7) is 8.60. The van der Waals surface area contributed by atoms with Crippen molar-refractivity contribution in [3.8, 4) is 17.2 Å². The van der Waals surface area contributed by atoms with Crippen molar-refractivity contribution in [2.24, 2.45) is 16.9 Å². The van der Waals surface area contributed by atoms with Crippen LogP contribution in [0.5, 0.6) is 17.2 Å². The lowest BCUT2D eigenvalue weighted by Gasteiger charge is -2.27. The molecule has 16 nitrogen and oxygen atoms in total. The maximum absolute atomic E-state index is 13.7. The summed E-state index contributed by atoms with van der Waals surface area (Å²) in [6, 6.07) is 27.3. The van der Waals surface area contributed by atoms with Crippen LogP contribution in [0.3, 0.4) is 0 Å². The predicted octanol–water partition coefficient (Wildman–Crippen LogP) is 12.7. The topological polar surface area (TPSA) is 204 Å². The van der Waals surface area contributed by atoms with Gasteiger partial charge in [0.1, 0.15) is 35.2 Å². The third-order valence-corrected chi connectivity index (χ3v) is 15.1. The van der Waals surface area contributed by atoms with E-state index in [4.69, 9.17) is 33.2 Å². The van der Waals surface area contributed by atoms with Gasteiger partial charge in [0, 0.05) is 30.1 Å². The Hall–Kier alpha value is -7.66. The number of carbonyl (C=O) groups is 6. The van der Waals surface area contributed by atoms with Crippen molar-refractivity contribution >= 4 is 68.5 Å². The molecule has 2 saturated carbocycles. The Kier molecular flexibility index (Phi) is 24.3. The largest absolute Gasteiger partial charge is 0.494 e. The second kappa shape index (κ2) is 32.4. The van der Waals surface area contributed by atoms with Gasteiger partial charge >= 0.3 is 29.8 Å². The van der Waals surface area contributed by atoms with Crippen LogP contribution in [0.2, 0.25) is 0 Å². The standard InChI is InChI=1S/C63H73N3O13S/c1-3-58(68)75-40-13-7-5-11-38-73-50-29-23-46(24-30-50)60(70)77-52-33-21-45(22-34-52)55(67)18-15-16-44-20-37-56(49(42-44)43-64-66-63-65-54-17-9-10-19-57(54)80-63)79-62(72)48-27-35-53(36-28-48)78-61(71)47-25-31-51(32-26-47)74-39-12-6-8-14-41-76-59(69)4-2/h3-4,9-10,17,19-20,23-26,29-32,37,42-43,45,48,52-53H,1-2,5-8,11-16,18,21-22,27-28,33-36,38-41H2,(H,65,66)/b64-43+. The van der Waals surface area contributed by atoms with Gasteiger partial charge in [0.05, 0.1) is 59.9 Å². The van der Waals surface area contributed by atoms with Crippen molar-refractivity contribution in [3.05, 3.63) is 139 Å². The third kappa shape index (κ3) is 19.9. The molecule has 5 aromatic rings. The maximum atomic E-state index is 13.7. The molecule has 0 unspecified atom stereocenters. The zero-order chi connectivity index (χ0) is 56.3. The van der Waals surface area contributed by atoms with E-state index in [0.717, 1.165) is 79.3 Å². The van der Waals surface area contributed by atoms with Crippen LogP contribution in [-0.4, -0.2) is 85.5 Å². The summed E-state index contributed by atoms with van der Waals surface area (Å²) in [5, 5.41) is 5.10. The summed E-state index contributed by atoms with van der Waals surface area (Å²) in [4.78, 5) is 80.1. The summed E-state index contributed by atoms with van der Waals surface area (Å²) in [6.07, 6.45) is 16.6. The van der Waals surface area contributed by atoms with Crippen LogP contribution in [-0.2, 0) is 44.5 Å². The highest BCUT2D eigenvalue weighted by atomic mass is 32.1. The van der Waals surface area contributed by atoms with E-state index in [-0.39, 0.29) is 41.8 Å². The predicted molar refractivity (Wildman–Crippen MR) is 306 cm³/mol. The minimum atomic E-state index is -0.426.